The molecule has 0 unspecified atom stereocenters. The molecular formula is C6H7ClN2. The van der Waals surface area contributed by atoms with Gasteiger partial charge in [0.05, 0.1) is 5.02 Å². The summed E-state index contributed by atoms with van der Waals surface area (Å²) in [7, 11) is 0. The lowest BCUT2D eigenvalue weighted by molar-refractivity contribution is 1.21. The molecule has 0 atom stereocenters. The summed E-state index contributed by atoms with van der Waals surface area (Å²) in [6.45, 7) is 1.87. The summed E-state index contributed by atoms with van der Waals surface area (Å²) in [5.74, 6) is 0.400. The molecule has 0 bridgehead atoms. The van der Waals surface area contributed by atoms with E-state index in [1.54, 1.807) is 6.07 Å². The molecule has 2 nitrogen and oxygen atoms in total. The molecule has 1 aromatic heterocycles. The lowest BCUT2D eigenvalue weighted by Gasteiger charge is -1.95. The van der Waals surface area contributed by atoms with Crippen molar-refractivity contribution in [3.05, 3.63) is 22.8 Å². The van der Waals surface area contributed by atoms with Crippen LogP contribution < -0.4 is 5.73 Å². The average Bonchev–Trinajstić information content (AvgIpc) is 1.80. The zero-order valence-electron chi connectivity index (χ0n) is 5.06. The highest BCUT2D eigenvalue weighted by atomic mass is 35.5. The number of hydrogen-bond acceptors (Lipinski definition) is 2. The molecule has 0 amide bonds. The van der Waals surface area contributed by atoms with E-state index in [2.05, 4.69) is 4.98 Å². The summed E-state index contributed by atoms with van der Waals surface area (Å²) in [6, 6.07) is 3.55. The zero-order valence-corrected chi connectivity index (χ0v) is 5.81. The number of aromatic nitrogens is 1. The third kappa shape index (κ3) is 1.33. The van der Waals surface area contributed by atoms with Crippen molar-refractivity contribution in [3.63, 3.8) is 0 Å². The number of nitrogen functional groups attached to an aromatic ring is 1. The van der Waals surface area contributed by atoms with Gasteiger partial charge in [-0.2, -0.15) is 0 Å². The fourth-order valence-corrected chi connectivity index (χ4v) is 0.665. The van der Waals surface area contributed by atoms with Gasteiger partial charge in [0, 0.05) is 5.69 Å². The van der Waals surface area contributed by atoms with Crippen LogP contribution in [0.25, 0.3) is 0 Å². The average molecular weight is 143 g/mol. The van der Waals surface area contributed by atoms with Gasteiger partial charge in [0.2, 0.25) is 0 Å². The van der Waals surface area contributed by atoms with Crippen LogP contribution in [-0.2, 0) is 0 Å². The number of rotatable bonds is 0. The highest BCUT2D eigenvalue weighted by molar-refractivity contribution is 6.32. The van der Waals surface area contributed by atoms with Crippen LogP contribution in [0.1, 0.15) is 5.69 Å². The number of anilines is 1. The number of halogens is 1. The lowest BCUT2D eigenvalue weighted by atomic mass is 10.4. The molecule has 0 spiro atoms. The number of nitrogens with two attached hydrogens (primary N) is 1. The van der Waals surface area contributed by atoms with Crippen LogP contribution in [0.2, 0.25) is 5.02 Å². The van der Waals surface area contributed by atoms with Crippen LogP contribution in [-0.4, -0.2) is 4.98 Å². The quantitative estimate of drug-likeness (QED) is 0.598. The number of aryl methyl sites for hydroxylation is 1. The van der Waals surface area contributed by atoms with Crippen LogP contribution in [0.4, 0.5) is 5.82 Å². The molecule has 0 fully saturated rings. The first-order chi connectivity index (χ1) is 4.20. The Morgan fingerprint density at radius 3 is 2.67 bits per heavy atom. The van der Waals surface area contributed by atoms with Gasteiger partial charge < -0.3 is 5.73 Å². The number of hydrogen-bond donors (Lipinski definition) is 1. The Balaban J connectivity index is 3.17. The van der Waals surface area contributed by atoms with Crippen molar-refractivity contribution >= 4 is 17.4 Å². The van der Waals surface area contributed by atoms with Crippen molar-refractivity contribution < 1.29 is 0 Å². The van der Waals surface area contributed by atoms with E-state index in [-0.39, 0.29) is 0 Å². The lowest BCUT2D eigenvalue weighted by Crippen LogP contribution is -1.91. The molecule has 2 N–H and O–H groups in total. The summed E-state index contributed by atoms with van der Waals surface area (Å²) in [6.07, 6.45) is 0. The molecule has 1 rings (SSSR count). The first-order valence-electron chi connectivity index (χ1n) is 2.59. The van der Waals surface area contributed by atoms with Gasteiger partial charge in [-0.25, -0.2) is 4.98 Å². The molecule has 9 heavy (non-hydrogen) atoms. The number of nitrogens with zero attached hydrogens (tertiary/aromatic N) is 1. The highest BCUT2D eigenvalue weighted by Crippen LogP contribution is 2.14. The minimum Gasteiger partial charge on any atom is -0.382 e. The van der Waals surface area contributed by atoms with Crippen LogP contribution in [0.3, 0.4) is 0 Å². The SMILES string of the molecule is Cc1ccc(Cl)c(N)n1. The van der Waals surface area contributed by atoms with E-state index in [0.717, 1.165) is 5.69 Å². The van der Waals surface area contributed by atoms with Crippen LogP contribution in [0, 0.1) is 6.92 Å². The van der Waals surface area contributed by atoms with E-state index in [1.807, 2.05) is 13.0 Å². The second kappa shape index (κ2) is 2.23. The van der Waals surface area contributed by atoms with Gasteiger partial charge >= 0.3 is 0 Å². The minimum absolute atomic E-state index is 0.400. The molecule has 0 radical (unpaired) electrons. The molecule has 0 aromatic carbocycles. The van der Waals surface area contributed by atoms with Gasteiger partial charge in [-0.05, 0) is 19.1 Å². The van der Waals surface area contributed by atoms with Crippen LogP contribution in [0.5, 0.6) is 0 Å². The maximum Gasteiger partial charge on any atom is 0.142 e. The molecule has 0 aliphatic carbocycles. The van der Waals surface area contributed by atoms with Crippen molar-refractivity contribution in [3.8, 4) is 0 Å². The van der Waals surface area contributed by atoms with Gasteiger partial charge in [-0.15, -0.1) is 0 Å². The zero-order chi connectivity index (χ0) is 6.85. The third-order valence-electron chi connectivity index (χ3n) is 1.01. The second-order valence-corrected chi connectivity index (χ2v) is 2.23. The first-order valence-corrected chi connectivity index (χ1v) is 2.96. The summed E-state index contributed by atoms with van der Waals surface area (Å²) < 4.78 is 0. The topological polar surface area (TPSA) is 38.9 Å². The van der Waals surface area contributed by atoms with Gasteiger partial charge in [-0.3, -0.25) is 0 Å². The summed E-state index contributed by atoms with van der Waals surface area (Å²) in [5.41, 5.74) is 6.26. The maximum absolute atomic E-state index is 5.59. The Morgan fingerprint density at radius 1 is 1.56 bits per heavy atom. The molecule has 1 heterocycles. The van der Waals surface area contributed by atoms with Gasteiger partial charge in [0.25, 0.3) is 0 Å². The standard InChI is InChI=1S/C6H7ClN2/c1-4-2-3-5(7)6(8)9-4/h2-3H,1H3,(H2,8,9). The van der Waals surface area contributed by atoms with Crippen molar-refractivity contribution in [1.82, 2.24) is 4.98 Å². The molecule has 0 aliphatic heterocycles. The molecule has 3 heteroatoms. The van der Waals surface area contributed by atoms with Crippen molar-refractivity contribution in [2.75, 3.05) is 5.73 Å². The fourth-order valence-electron chi connectivity index (χ4n) is 0.560. The van der Waals surface area contributed by atoms with Gasteiger partial charge in [-0.1, -0.05) is 11.6 Å². The number of pyridine rings is 1. The van der Waals surface area contributed by atoms with Crippen LogP contribution in [0.15, 0.2) is 12.1 Å². The summed E-state index contributed by atoms with van der Waals surface area (Å²) in [5, 5.41) is 0.514. The predicted octanol–water partition coefficient (Wildman–Crippen LogP) is 1.63. The highest BCUT2D eigenvalue weighted by Gasteiger charge is 1.93. The van der Waals surface area contributed by atoms with Crippen LogP contribution >= 0.6 is 11.6 Å². The summed E-state index contributed by atoms with van der Waals surface area (Å²) >= 11 is 5.59. The molecule has 0 saturated carbocycles. The Morgan fingerprint density at radius 2 is 2.22 bits per heavy atom. The summed E-state index contributed by atoms with van der Waals surface area (Å²) in [4.78, 5) is 3.92. The van der Waals surface area contributed by atoms with E-state index in [9.17, 15) is 0 Å². The normalized spacial score (nSPS) is 9.56. The Hall–Kier alpha value is -0.760. The Labute approximate surface area is 58.7 Å². The monoisotopic (exact) mass is 142 g/mol. The van der Waals surface area contributed by atoms with E-state index in [0.29, 0.717) is 10.8 Å². The minimum atomic E-state index is 0.400. The van der Waals surface area contributed by atoms with Gasteiger partial charge in [0.15, 0.2) is 0 Å². The van der Waals surface area contributed by atoms with E-state index in [4.69, 9.17) is 17.3 Å². The Kier molecular flexibility index (Phi) is 1.58. The smallest absolute Gasteiger partial charge is 0.142 e. The predicted molar refractivity (Wildman–Crippen MR) is 38.4 cm³/mol. The van der Waals surface area contributed by atoms with Crippen molar-refractivity contribution in [2.45, 2.75) is 6.92 Å². The van der Waals surface area contributed by atoms with Gasteiger partial charge in [0.1, 0.15) is 5.82 Å². The molecule has 48 valence electrons. The Bertz CT molecular complexity index is 222. The molecule has 0 saturated heterocycles. The maximum atomic E-state index is 5.59. The fraction of sp³-hybridized carbons (Fsp3) is 0.167. The van der Waals surface area contributed by atoms with E-state index >= 15 is 0 Å². The molecular weight excluding hydrogens is 136 g/mol. The first kappa shape index (κ1) is 6.36. The van der Waals surface area contributed by atoms with E-state index in [1.165, 1.54) is 0 Å². The van der Waals surface area contributed by atoms with E-state index < -0.39 is 0 Å². The largest absolute Gasteiger partial charge is 0.382 e. The third-order valence-corrected chi connectivity index (χ3v) is 1.33. The molecule has 0 aliphatic rings. The second-order valence-electron chi connectivity index (χ2n) is 1.82. The van der Waals surface area contributed by atoms with Crippen molar-refractivity contribution in [2.24, 2.45) is 0 Å². The van der Waals surface area contributed by atoms with Crippen molar-refractivity contribution in [1.29, 1.82) is 0 Å². The molecule has 1 aromatic rings.